The Kier molecular flexibility index (Phi) is 3.39. The van der Waals surface area contributed by atoms with Crippen molar-refractivity contribution in [2.24, 2.45) is 23.7 Å². The van der Waals surface area contributed by atoms with Crippen LogP contribution in [0.15, 0.2) is 0 Å². The molecule has 1 aliphatic heterocycles. The average molecular weight is 184 g/mol. The Morgan fingerprint density at radius 2 is 1.46 bits per heavy atom. The maximum absolute atomic E-state index is 6.01. The maximum atomic E-state index is 6.01. The molecule has 4 atom stereocenters. The van der Waals surface area contributed by atoms with Crippen LogP contribution in [-0.4, -0.2) is 12.2 Å². The lowest BCUT2D eigenvalue weighted by atomic mass is 9.78. The molecule has 0 radical (unpaired) electrons. The second-order valence-electron chi connectivity index (χ2n) is 5.23. The van der Waals surface area contributed by atoms with Crippen LogP contribution in [0.2, 0.25) is 0 Å². The van der Waals surface area contributed by atoms with Crippen molar-refractivity contribution in [2.45, 2.75) is 53.8 Å². The Morgan fingerprint density at radius 3 is 1.77 bits per heavy atom. The van der Waals surface area contributed by atoms with Crippen molar-refractivity contribution >= 4 is 0 Å². The zero-order valence-electron chi connectivity index (χ0n) is 9.87. The predicted molar refractivity (Wildman–Crippen MR) is 56.7 cm³/mol. The fraction of sp³-hybridized carbons (Fsp3) is 1.00. The van der Waals surface area contributed by atoms with Crippen LogP contribution in [0.3, 0.4) is 0 Å². The van der Waals surface area contributed by atoms with Crippen molar-refractivity contribution in [1.29, 1.82) is 0 Å². The summed E-state index contributed by atoms with van der Waals surface area (Å²) in [6, 6.07) is 0. The van der Waals surface area contributed by atoms with Gasteiger partial charge in [-0.2, -0.15) is 0 Å². The van der Waals surface area contributed by atoms with Crippen molar-refractivity contribution in [3.8, 4) is 0 Å². The third-order valence-corrected chi connectivity index (χ3v) is 3.53. The van der Waals surface area contributed by atoms with E-state index in [1.807, 2.05) is 0 Å². The van der Waals surface area contributed by atoms with Crippen LogP contribution in [0.25, 0.3) is 0 Å². The Bertz CT molecular complexity index is 163. The van der Waals surface area contributed by atoms with Crippen molar-refractivity contribution < 1.29 is 4.74 Å². The fourth-order valence-corrected chi connectivity index (χ4v) is 2.66. The third-order valence-electron chi connectivity index (χ3n) is 3.53. The van der Waals surface area contributed by atoms with Crippen LogP contribution in [0, 0.1) is 23.7 Å². The molecule has 0 saturated carbocycles. The molecular weight excluding hydrogens is 160 g/mol. The molecule has 1 saturated heterocycles. The van der Waals surface area contributed by atoms with Gasteiger partial charge in [0, 0.05) is 0 Å². The van der Waals surface area contributed by atoms with Crippen molar-refractivity contribution in [2.75, 3.05) is 0 Å². The van der Waals surface area contributed by atoms with E-state index in [2.05, 4.69) is 41.5 Å². The molecule has 0 aromatic heterocycles. The lowest BCUT2D eigenvalue weighted by Gasteiger charge is -2.27. The second kappa shape index (κ2) is 4.00. The largest absolute Gasteiger partial charge is 0.374 e. The van der Waals surface area contributed by atoms with E-state index < -0.39 is 0 Å². The van der Waals surface area contributed by atoms with Crippen LogP contribution < -0.4 is 0 Å². The summed E-state index contributed by atoms with van der Waals surface area (Å²) in [6.45, 7) is 13.7. The molecule has 1 aliphatic rings. The van der Waals surface area contributed by atoms with Gasteiger partial charge in [-0.3, -0.25) is 0 Å². The molecule has 0 aliphatic carbocycles. The SMILES string of the molecule is CC(C)C1OC(C)C(C)C1C(C)C. The first-order valence-corrected chi connectivity index (χ1v) is 5.60. The van der Waals surface area contributed by atoms with Gasteiger partial charge in [0.1, 0.15) is 0 Å². The number of hydrogen-bond acceptors (Lipinski definition) is 1. The highest BCUT2D eigenvalue weighted by Crippen LogP contribution is 2.40. The molecule has 78 valence electrons. The Balaban J connectivity index is 2.74. The molecule has 4 unspecified atom stereocenters. The highest BCUT2D eigenvalue weighted by atomic mass is 16.5. The van der Waals surface area contributed by atoms with Gasteiger partial charge >= 0.3 is 0 Å². The van der Waals surface area contributed by atoms with Gasteiger partial charge in [0.25, 0.3) is 0 Å². The minimum absolute atomic E-state index is 0.444. The molecule has 0 spiro atoms. The topological polar surface area (TPSA) is 9.23 Å². The van der Waals surface area contributed by atoms with Crippen LogP contribution in [0.5, 0.6) is 0 Å². The summed E-state index contributed by atoms with van der Waals surface area (Å²) in [5.41, 5.74) is 0. The van der Waals surface area contributed by atoms with E-state index in [0.717, 1.165) is 11.8 Å². The standard InChI is InChI=1S/C12H24O/c1-7(2)11-9(5)10(6)13-12(11)8(3)4/h7-12H,1-6H3. The molecule has 1 heteroatoms. The molecule has 0 aromatic carbocycles. The summed E-state index contributed by atoms with van der Waals surface area (Å²) in [5.74, 6) is 2.86. The summed E-state index contributed by atoms with van der Waals surface area (Å²) >= 11 is 0. The van der Waals surface area contributed by atoms with Crippen LogP contribution in [0.1, 0.15) is 41.5 Å². The minimum Gasteiger partial charge on any atom is -0.374 e. The molecule has 13 heavy (non-hydrogen) atoms. The quantitative estimate of drug-likeness (QED) is 0.639. The lowest BCUT2D eigenvalue weighted by Crippen LogP contribution is -2.28. The van der Waals surface area contributed by atoms with Gasteiger partial charge in [-0.05, 0) is 30.6 Å². The first kappa shape index (κ1) is 11.0. The Labute approximate surface area is 82.9 Å². The van der Waals surface area contributed by atoms with Crippen LogP contribution in [0.4, 0.5) is 0 Å². The monoisotopic (exact) mass is 184 g/mol. The number of ether oxygens (including phenoxy) is 1. The van der Waals surface area contributed by atoms with Gasteiger partial charge in [-0.25, -0.2) is 0 Å². The first-order valence-electron chi connectivity index (χ1n) is 5.60. The summed E-state index contributed by atoms with van der Waals surface area (Å²) in [4.78, 5) is 0. The van der Waals surface area contributed by atoms with Crippen LogP contribution in [-0.2, 0) is 4.74 Å². The zero-order valence-corrected chi connectivity index (χ0v) is 9.87. The molecule has 0 bridgehead atoms. The molecule has 0 aromatic rings. The van der Waals surface area contributed by atoms with Gasteiger partial charge in [-0.1, -0.05) is 34.6 Å². The van der Waals surface area contributed by atoms with E-state index in [1.165, 1.54) is 0 Å². The van der Waals surface area contributed by atoms with Gasteiger partial charge in [-0.15, -0.1) is 0 Å². The van der Waals surface area contributed by atoms with E-state index in [1.54, 1.807) is 0 Å². The number of rotatable bonds is 2. The first-order chi connectivity index (χ1) is 5.95. The predicted octanol–water partition coefficient (Wildman–Crippen LogP) is 3.34. The van der Waals surface area contributed by atoms with E-state index in [-0.39, 0.29) is 0 Å². The molecular formula is C12H24O. The maximum Gasteiger partial charge on any atom is 0.0635 e. The van der Waals surface area contributed by atoms with Crippen LogP contribution >= 0.6 is 0 Å². The summed E-state index contributed by atoms with van der Waals surface area (Å²) in [6.07, 6.45) is 0.921. The van der Waals surface area contributed by atoms with Crippen molar-refractivity contribution in [3.63, 3.8) is 0 Å². The smallest absolute Gasteiger partial charge is 0.0635 e. The highest BCUT2D eigenvalue weighted by molar-refractivity contribution is 4.89. The molecule has 1 nitrogen and oxygen atoms in total. The summed E-state index contributed by atoms with van der Waals surface area (Å²) < 4.78 is 6.01. The average Bonchev–Trinajstić information content (AvgIpc) is 2.28. The van der Waals surface area contributed by atoms with Gasteiger partial charge < -0.3 is 4.74 Å². The minimum atomic E-state index is 0.444. The van der Waals surface area contributed by atoms with E-state index in [0.29, 0.717) is 24.0 Å². The third kappa shape index (κ3) is 2.07. The molecule has 0 N–H and O–H groups in total. The summed E-state index contributed by atoms with van der Waals surface area (Å²) in [5, 5.41) is 0. The normalized spacial score (nSPS) is 40.6. The second-order valence-corrected chi connectivity index (χ2v) is 5.23. The lowest BCUT2D eigenvalue weighted by molar-refractivity contribution is 0.00706. The van der Waals surface area contributed by atoms with Gasteiger partial charge in [0.05, 0.1) is 12.2 Å². The molecule has 1 rings (SSSR count). The Morgan fingerprint density at radius 1 is 0.923 bits per heavy atom. The van der Waals surface area contributed by atoms with E-state index >= 15 is 0 Å². The van der Waals surface area contributed by atoms with Gasteiger partial charge in [0.15, 0.2) is 0 Å². The van der Waals surface area contributed by atoms with E-state index in [9.17, 15) is 0 Å². The van der Waals surface area contributed by atoms with Crippen molar-refractivity contribution in [1.82, 2.24) is 0 Å². The highest BCUT2D eigenvalue weighted by Gasteiger charge is 2.42. The van der Waals surface area contributed by atoms with Crippen molar-refractivity contribution in [3.05, 3.63) is 0 Å². The summed E-state index contributed by atoms with van der Waals surface area (Å²) in [7, 11) is 0. The zero-order chi connectivity index (χ0) is 10.2. The number of hydrogen-bond donors (Lipinski definition) is 0. The molecule has 0 amide bonds. The van der Waals surface area contributed by atoms with E-state index in [4.69, 9.17) is 4.74 Å². The molecule has 1 heterocycles. The Hall–Kier alpha value is -0.0400. The molecule has 1 fully saturated rings. The fourth-order valence-electron chi connectivity index (χ4n) is 2.66. The van der Waals surface area contributed by atoms with Gasteiger partial charge in [0.2, 0.25) is 0 Å².